The molecule has 0 fully saturated rings. The Labute approximate surface area is 108 Å². The molecule has 0 aliphatic rings. The predicted molar refractivity (Wildman–Crippen MR) is 74.8 cm³/mol. The summed E-state index contributed by atoms with van der Waals surface area (Å²) in [7, 11) is 1.69. The Morgan fingerprint density at radius 2 is 2.00 bits per heavy atom. The molecule has 0 aliphatic carbocycles. The van der Waals surface area contributed by atoms with E-state index >= 15 is 0 Å². The Bertz CT molecular complexity index is 549. The van der Waals surface area contributed by atoms with E-state index in [1.807, 2.05) is 24.5 Å². The first-order valence-electron chi connectivity index (χ1n) is 6.17. The Kier molecular flexibility index (Phi) is 3.53. The average Bonchev–Trinajstić information content (AvgIpc) is 2.39. The summed E-state index contributed by atoms with van der Waals surface area (Å²) in [5, 5.41) is 2.26. The molecule has 0 saturated carbocycles. The second kappa shape index (κ2) is 4.94. The van der Waals surface area contributed by atoms with E-state index < -0.39 is 0 Å². The number of nitrogens with two attached hydrogens (primary N) is 1. The highest BCUT2D eigenvalue weighted by atomic mass is 16.5. The lowest BCUT2D eigenvalue weighted by Gasteiger charge is -2.23. The van der Waals surface area contributed by atoms with Gasteiger partial charge in [-0.3, -0.25) is 4.98 Å². The average molecular weight is 244 g/mol. The van der Waals surface area contributed by atoms with Crippen LogP contribution in [-0.2, 0) is 6.42 Å². The smallest absolute Gasteiger partial charge is 0.128 e. The van der Waals surface area contributed by atoms with Crippen LogP contribution in [0, 0.1) is 5.41 Å². The van der Waals surface area contributed by atoms with Crippen molar-refractivity contribution in [1.29, 1.82) is 0 Å². The number of nitrogens with zero attached hydrogens (tertiary/aromatic N) is 1. The summed E-state index contributed by atoms with van der Waals surface area (Å²) >= 11 is 0. The third kappa shape index (κ3) is 2.46. The fourth-order valence-electron chi connectivity index (χ4n) is 2.15. The Morgan fingerprint density at radius 3 is 2.67 bits per heavy atom. The third-order valence-electron chi connectivity index (χ3n) is 3.31. The topological polar surface area (TPSA) is 48.1 Å². The second-order valence-corrected chi connectivity index (χ2v) is 5.39. The maximum absolute atomic E-state index is 5.82. The Hall–Kier alpha value is -1.61. The number of ether oxygens (including phenoxy) is 1. The molecule has 2 N–H and O–H groups in total. The molecule has 18 heavy (non-hydrogen) atoms. The monoisotopic (exact) mass is 244 g/mol. The molecular weight excluding hydrogens is 224 g/mol. The molecule has 0 unspecified atom stereocenters. The van der Waals surface area contributed by atoms with Crippen LogP contribution in [0.1, 0.15) is 19.4 Å². The maximum Gasteiger partial charge on any atom is 0.128 e. The van der Waals surface area contributed by atoms with Crippen molar-refractivity contribution in [2.75, 3.05) is 13.7 Å². The van der Waals surface area contributed by atoms with Crippen molar-refractivity contribution < 1.29 is 4.74 Å². The van der Waals surface area contributed by atoms with Crippen molar-refractivity contribution in [3.8, 4) is 5.75 Å². The van der Waals surface area contributed by atoms with Gasteiger partial charge in [0.25, 0.3) is 0 Å². The largest absolute Gasteiger partial charge is 0.496 e. The quantitative estimate of drug-likeness (QED) is 0.899. The van der Waals surface area contributed by atoms with Crippen molar-refractivity contribution in [2.24, 2.45) is 11.1 Å². The molecule has 1 heterocycles. The van der Waals surface area contributed by atoms with E-state index in [2.05, 4.69) is 24.9 Å². The molecule has 0 radical (unpaired) electrons. The normalized spacial score (nSPS) is 11.8. The van der Waals surface area contributed by atoms with Crippen LogP contribution in [0.4, 0.5) is 0 Å². The summed E-state index contributed by atoms with van der Waals surface area (Å²) in [6.07, 6.45) is 4.63. The van der Waals surface area contributed by atoms with E-state index in [1.54, 1.807) is 7.11 Å². The molecule has 0 aliphatic heterocycles. The fourth-order valence-corrected chi connectivity index (χ4v) is 2.15. The van der Waals surface area contributed by atoms with Crippen molar-refractivity contribution in [2.45, 2.75) is 20.3 Å². The van der Waals surface area contributed by atoms with Gasteiger partial charge in [-0.2, -0.15) is 0 Å². The van der Waals surface area contributed by atoms with E-state index in [9.17, 15) is 0 Å². The zero-order valence-electron chi connectivity index (χ0n) is 11.2. The van der Waals surface area contributed by atoms with Crippen LogP contribution < -0.4 is 10.5 Å². The third-order valence-corrected chi connectivity index (χ3v) is 3.31. The summed E-state index contributed by atoms with van der Waals surface area (Å²) in [6, 6.07) is 6.17. The van der Waals surface area contributed by atoms with Crippen LogP contribution in [-0.4, -0.2) is 18.6 Å². The van der Waals surface area contributed by atoms with Crippen LogP contribution >= 0.6 is 0 Å². The summed E-state index contributed by atoms with van der Waals surface area (Å²) in [4.78, 5) is 4.17. The number of fused-ring (bicyclic) bond motifs is 1. The minimum atomic E-state index is 0.102. The highest BCUT2D eigenvalue weighted by Gasteiger charge is 2.18. The summed E-state index contributed by atoms with van der Waals surface area (Å²) < 4.78 is 5.37. The molecule has 0 spiro atoms. The van der Waals surface area contributed by atoms with Crippen LogP contribution in [0.3, 0.4) is 0 Å². The number of rotatable bonds is 4. The molecule has 3 nitrogen and oxygen atoms in total. The van der Waals surface area contributed by atoms with Gasteiger partial charge in [0.05, 0.1) is 7.11 Å². The molecule has 0 bridgehead atoms. The second-order valence-electron chi connectivity index (χ2n) is 5.39. The van der Waals surface area contributed by atoms with Gasteiger partial charge in [-0.15, -0.1) is 0 Å². The Morgan fingerprint density at radius 1 is 1.22 bits per heavy atom. The van der Waals surface area contributed by atoms with E-state index in [1.165, 1.54) is 10.9 Å². The minimum absolute atomic E-state index is 0.102. The van der Waals surface area contributed by atoms with E-state index in [0.29, 0.717) is 6.54 Å². The highest BCUT2D eigenvalue weighted by molar-refractivity contribution is 5.90. The van der Waals surface area contributed by atoms with Crippen molar-refractivity contribution in [1.82, 2.24) is 4.98 Å². The van der Waals surface area contributed by atoms with Gasteiger partial charge in [-0.05, 0) is 41.5 Å². The van der Waals surface area contributed by atoms with Gasteiger partial charge in [0.1, 0.15) is 5.75 Å². The van der Waals surface area contributed by atoms with E-state index in [0.717, 1.165) is 17.6 Å². The van der Waals surface area contributed by atoms with E-state index in [-0.39, 0.29) is 5.41 Å². The number of pyridine rings is 1. The lowest BCUT2D eigenvalue weighted by Crippen LogP contribution is -2.26. The van der Waals surface area contributed by atoms with Gasteiger partial charge in [0.15, 0.2) is 0 Å². The minimum Gasteiger partial charge on any atom is -0.496 e. The first-order chi connectivity index (χ1) is 8.57. The predicted octanol–water partition coefficient (Wildman–Crippen LogP) is 2.77. The van der Waals surface area contributed by atoms with Crippen molar-refractivity contribution in [3.63, 3.8) is 0 Å². The Balaban J connectivity index is 2.53. The molecule has 2 rings (SSSR count). The number of benzene rings is 1. The zero-order valence-corrected chi connectivity index (χ0v) is 11.2. The lowest BCUT2D eigenvalue weighted by atomic mass is 9.84. The van der Waals surface area contributed by atoms with Gasteiger partial charge in [0, 0.05) is 17.8 Å². The summed E-state index contributed by atoms with van der Waals surface area (Å²) in [6.45, 7) is 5.04. The molecule has 1 aromatic heterocycles. The van der Waals surface area contributed by atoms with Gasteiger partial charge in [-0.1, -0.05) is 19.9 Å². The van der Waals surface area contributed by atoms with Crippen molar-refractivity contribution >= 4 is 10.8 Å². The lowest BCUT2D eigenvalue weighted by molar-refractivity contribution is 0.377. The molecule has 96 valence electrons. The molecule has 0 amide bonds. The molecule has 1 aromatic carbocycles. The number of methoxy groups -OCH3 is 1. The standard InChI is InChI=1S/C15H20N2O/c1-15(2,10-16)8-11-4-5-14(18-3)13-9-17-7-6-12(11)13/h4-7,9H,8,10,16H2,1-3H3. The number of aromatic nitrogens is 1. The maximum atomic E-state index is 5.82. The van der Waals surface area contributed by atoms with Crippen LogP contribution in [0.25, 0.3) is 10.8 Å². The first-order valence-corrected chi connectivity index (χ1v) is 6.17. The summed E-state index contributed by atoms with van der Waals surface area (Å²) in [5.74, 6) is 0.868. The van der Waals surface area contributed by atoms with Crippen LogP contribution in [0.5, 0.6) is 5.75 Å². The van der Waals surface area contributed by atoms with Crippen LogP contribution in [0.2, 0.25) is 0 Å². The molecule has 0 atom stereocenters. The molecule has 0 saturated heterocycles. The summed E-state index contributed by atoms with van der Waals surface area (Å²) in [5.41, 5.74) is 7.21. The fraction of sp³-hybridized carbons (Fsp3) is 0.400. The SMILES string of the molecule is COc1ccc(CC(C)(C)CN)c2ccncc12. The number of hydrogen-bond donors (Lipinski definition) is 1. The number of hydrogen-bond acceptors (Lipinski definition) is 3. The van der Waals surface area contributed by atoms with E-state index in [4.69, 9.17) is 10.5 Å². The van der Waals surface area contributed by atoms with Crippen molar-refractivity contribution in [3.05, 3.63) is 36.2 Å². The van der Waals surface area contributed by atoms with Gasteiger partial charge < -0.3 is 10.5 Å². The first kappa shape index (κ1) is 12.8. The molecule has 2 aromatic rings. The molecule has 3 heteroatoms. The highest BCUT2D eigenvalue weighted by Crippen LogP contribution is 2.31. The zero-order chi connectivity index (χ0) is 13.2. The van der Waals surface area contributed by atoms with Crippen LogP contribution in [0.15, 0.2) is 30.6 Å². The van der Waals surface area contributed by atoms with Gasteiger partial charge >= 0.3 is 0 Å². The van der Waals surface area contributed by atoms with Gasteiger partial charge in [-0.25, -0.2) is 0 Å². The molecular formula is C15H20N2O. The van der Waals surface area contributed by atoms with Gasteiger partial charge in [0.2, 0.25) is 0 Å².